The Morgan fingerprint density at radius 3 is 2.33 bits per heavy atom. The topological polar surface area (TPSA) is 84.2 Å². The van der Waals surface area contributed by atoms with Gasteiger partial charge in [0.15, 0.2) is 0 Å². The highest BCUT2D eigenvalue weighted by Crippen LogP contribution is 2.09. The molecule has 2 aromatic rings. The van der Waals surface area contributed by atoms with Crippen molar-refractivity contribution in [3.8, 4) is 0 Å². The number of hydrazine groups is 1. The fraction of sp³-hybridized carbons (Fsp3) is 0. The Bertz CT molecular complexity index is 551. The molecule has 0 saturated heterocycles. The molecule has 2 N–H and O–H groups in total. The normalized spacial score (nSPS) is 9.83. The van der Waals surface area contributed by atoms with Crippen LogP contribution in [-0.4, -0.2) is 17.0 Å². The van der Waals surface area contributed by atoms with E-state index >= 15 is 0 Å². The van der Waals surface area contributed by atoms with Crippen LogP contribution in [0.3, 0.4) is 0 Å². The molecule has 0 bridgehead atoms. The second-order valence-electron chi connectivity index (χ2n) is 3.29. The zero-order chi connectivity index (χ0) is 13.0. The summed E-state index contributed by atoms with van der Waals surface area (Å²) in [6.07, 6.45) is 1.33. The Morgan fingerprint density at radius 2 is 1.72 bits per heavy atom. The van der Waals surface area contributed by atoms with Gasteiger partial charge in [-0.3, -0.25) is 20.4 Å². The predicted octanol–water partition coefficient (Wildman–Crippen LogP) is 1.40. The largest absolute Gasteiger partial charge is 0.351 e. The number of nitrogens with zero attached hydrogens (tertiary/aromatic N) is 1. The van der Waals surface area contributed by atoms with Gasteiger partial charge in [0.05, 0.1) is 6.20 Å². The van der Waals surface area contributed by atoms with Crippen LogP contribution in [0.4, 0.5) is 0 Å². The van der Waals surface area contributed by atoms with Gasteiger partial charge in [-0.25, -0.2) is 0 Å². The quantitative estimate of drug-likeness (QED) is 0.804. The molecule has 6 nitrogen and oxygen atoms in total. The maximum atomic E-state index is 11.6. The molecular weight excluding hydrogens is 258 g/mol. The zero-order valence-corrected chi connectivity index (χ0v) is 9.77. The summed E-state index contributed by atoms with van der Waals surface area (Å²) in [5.41, 5.74) is 4.80. The first-order valence-electron chi connectivity index (χ1n) is 4.94. The van der Waals surface area contributed by atoms with Crippen LogP contribution < -0.4 is 10.9 Å². The molecule has 0 aliphatic rings. The lowest BCUT2D eigenvalue weighted by Crippen LogP contribution is -2.41. The van der Waals surface area contributed by atoms with E-state index in [1.54, 1.807) is 12.1 Å². The molecule has 92 valence electrons. The highest BCUT2D eigenvalue weighted by atomic mass is 35.5. The molecule has 0 radical (unpaired) electrons. The molecular formula is C11H8ClN3O3. The van der Waals surface area contributed by atoms with Gasteiger partial charge >= 0.3 is 5.91 Å². The summed E-state index contributed by atoms with van der Waals surface area (Å²) in [7, 11) is 0. The van der Waals surface area contributed by atoms with E-state index in [1.165, 1.54) is 24.4 Å². The second kappa shape index (κ2) is 5.33. The van der Waals surface area contributed by atoms with Crippen molar-refractivity contribution in [2.45, 2.75) is 0 Å². The van der Waals surface area contributed by atoms with Gasteiger partial charge in [-0.2, -0.15) is 0 Å². The van der Waals surface area contributed by atoms with Crippen LogP contribution in [0, 0.1) is 0 Å². The number of benzene rings is 1. The van der Waals surface area contributed by atoms with E-state index in [0.29, 0.717) is 10.6 Å². The van der Waals surface area contributed by atoms with Crippen molar-refractivity contribution in [2.75, 3.05) is 0 Å². The summed E-state index contributed by atoms with van der Waals surface area (Å²) in [5.74, 6) is -1.04. The first-order chi connectivity index (χ1) is 8.66. The number of hydrogen-bond donors (Lipinski definition) is 2. The van der Waals surface area contributed by atoms with Gasteiger partial charge in [-0.15, -0.1) is 0 Å². The van der Waals surface area contributed by atoms with Gasteiger partial charge < -0.3 is 4.52 Å². The van der Waals surface area contributed by atoms with Crippen molar-refractivity contribution < 1.29 is 14.1 Å². The molecule has 0 saturated carbocycles. The smallest absolute Gasteiger partial charge is 0.308 e. The van der Waals surface area contributed by atoms with Crippen molar-refractivity contribution in [2.24, 2.45) is 0 Å². The molecule has 0 unspecified atom stereocenters. The molecule has 0 aliphatic heterocycles. The summed E-state index contributed by atoms with van der Waals surface area (Å²) in [6, 6.07) is 7.61. The average Bonchev–Trinajstić information content (AvgIpc) is 2.90. The molecule has 2 amide bonds. The van der Waals surface area contributed by atoms with Gasteiger partial charge in [0.2, 0.25) is 5.76 Å². The maximum absolute atomic E-state index is 11.6. The van der Waals surface area contributed by atoms with E-state index in [0.717, 1.165) is 0 Å². The number of rotatable bonds is 2. The van der Waals surface area contributed by atoms with Crippen molar-refractivity contribution in [1.29, 1.82) is 0 Å². The van der Waals surface area contributed by atoms with Gasteiger partial charge in [-0.1, -0.05) is 16.8 Å². The number of hydrogen-bond acceptors (Lipinski definition) is 4. The van der Waals surface area contributed by atoms with Crippen LogP contribution >= 0.6 is 11.6 Å². The van der Waals surface area contributed by atoms with Crippen molar-refractivity contribution in [1.82, 2.24) is 16.0 Å². The number of nitrogens with one attached hydrogen (secondary N) is 2. The van der Waals surface area contributed by atoms with Gasteiger partial charge in [0, 0.05) is 16.7 Å². The highest BCUT2D eigenvalue weighted by molar-refractivity contribution is 6.30. The van der Waals surface area contributed by atoms with E-state index in [4.69, 9.17) is 11.6 Å². The first-order valence-corrected chi connectivity index (χ1v) is 5.31. The monoisotopic (exact) mass is 265 g/mol. The van der Waals surface area contributed by atoms with Crippen LogP contribution in [0.5, 0.6) is 0 Å². The number of carbonyl (C=O) groups excluding carboxylic acids is 2. The van der Waals surface area contributed by atoms with E-state index in [1.807, 2.05) is 0 Å². The molecule has 2 rings (SSSR count). The lowest BCUT2D eigenvalue weighted by molar-refractivity contribution is 0.0825. The summed E-state index contributed by atoms with van der Waals surface area (Å²) < 4.78 is 4.62. The summed E-state index contributed by atoms with van der Waals surface area (Å²) >= 11 is 5.69. The highest BCUT2D eigenvalue weighted by Gasteiger charge is 2.11. The second-order valence-corrected chi connectivity index (χ2v) is 3.73. The lowest BCUT2D eigenvalue weighted by atomic mass is 10.2. The van der Waals surface area contributed by atoms with Gasteiger partial charge in [-0.05, 0) is 24.3 Å². The number of halogens is 1. The summed E-state index contributed by atoms with van der Waals surface area (Å²) in [6.45, 7) is 0. The van der Waals surface area contributed by atoms with Crippen LogP contribution in [0.1, 0.15) is 20.9 Å². The lowest BCUT2D eigenvalue weighted by Gasteiger charge is -2.05. The van der Waals surface area contributed by atoms with Gasteiger partial charge in [0.1, 0.15) is 0 Å². The van der Waals surface area contributed by atoms with Crippen molar-refractivity contribution in [3.05, 3.63) is 52.9 Å². The van der Waals surface area contributed by atoms with E-state index in [2.05, 4.69) is 20.5 Å². The van der Waals surface area contributed by atoms with E-state index in [9.17, 15) is 9.59 Å². The van der Waals surface area contributed by atoms with Crippen molar-refractivity contribution >= 4 is 23.4 Å². The molecule has 0 fully saturated rings. The van der Waals surface area contributed by atoms with E-state index in [-0.39, 0.29) is 5.76 Å². The summed E-state index contributed by atoms with van der Waals surface area (Å²) in [5, 5.41) is 3.90. The molecule has 1 aromatic carbocycles. The fourth-order valence-corrected chi connectivity index (χ4v) is 1.31. The molecule has 18 heavy (non-hydrogen) atoms. The Labute approximate surface area is 107 Å². The SMILES string of the molecule is O=C(NNC(=O)c1ccno1)c1ccc(Cl)cc1. The van der Waals surface area contributed by atoms with Crippen molar-refractivity contribution in [3.63, 3.8) is 0 Å². The number of amides is 2. The minimum absolute atomic E-state index is 0.00593. The van der Waals surface area contributed by atoms with Crippen LogP contribution in [0.15, 0.2) is 41.1 Å². The van der Waals surface area contributed by atoms with Crippen LogP contribution in [0.25, 0.3) is 0 Å². The Balaban J connectivity index is 1.92. The number of carbonyl (C=O) groups is 2. The minimum atomic E-state index is -0.588. The minimum Gasteiger partial charge on any atom is -0.351 e. The Kier molecular flexibility index (Phi) is 3.59. The van der Waals surface area contributed by atoms with Crippen LogP contribution in [0.2, 0.25) is 5.02 Å². The van der Waals surface area contributed by atoms with Gasteiger partial charge in [0.25, 0.3) is 5.91 Å². The Hall–Kier alpha value is -2.34. The third-order valence-corrected chi connectivity index (χ3v) is 2.31. The first kappa shape index (κ1) is 12.1. The third-order valence-electron chi connectivity index (χ3n) is 2.06. The average molecular weight is 266 g/mol. The molecule has 7 heteroatoms. The maximum Gasteiger partial charge on any atom is 0.308 e. The number of aromatic nitrogens is 1. The molecule has 1 heterocycles. The molecule has 0 spiro atoms. The summed E-state index contributed by atoms with van der Waals surface area (Å²) in [4.78, 5) is 23.0. The third kappa shape index (κ3) is 2.86. The fourth-order valence-electron chi connectivity index (χ4n) is 1.18. The van der Waals surface area contributed by atoms with E-state index < -0.39 is 11.8 Å². The Morgan fingerprint density at radius 1 is 1.06 bits per heavy atom. The molecule has 0 atom stereocenters. The zero-order valence-electron chi connectivity index (χ0n) is 9.01. The van der Waals surface area contributed by atoms with Crippen LogP contribution in [-0.2, 0) is 0 Å². The molecule has 1 aromatic heterocycles. The molecule has 0 aliphatic carbocycles. The predicted molar refractivity (Wildman–Crippen MR) is 62.9 cm³/mol. The standard InChI is InChI=1S/C11H8ClN3O3/c12-8-3-1-7(2-4-8)10(16)14-15-11(17)9-5-6-13-18-9/h1-6H,(H,14,16)(H,15,17).